The molecule has 1 saturated carbocycles. The number of carbonyl (C=O) groups excluding carboxylic acids is 1. The van der Waals surface area contributed by atoms with Crippen molar-refractivity contribution in [2.24, 2.45) is 0 Å². The van der Waals surface area contributed by atoms with Crippen LogP contribution in [0.3, 0.4) is 0 Å². The number of hydrogen-bond acceptors (Lipinski definition) is 6. The lowest BCUT2D eigenvalue weighted by atomic mass is 10.0. The molecule has 1 aromatic heterocycles. The SMILES string of the molecule is CC(C)(C)[Si](C)(C)OC1CN(c2ncc(C3CC3)cn2)CCC1N1CCC(O)C1=O. The van der Waals surface area contributed by atoms with Crippen molar-refractivity contribution in [3.05, 3.63) is 18.0 Å². The number of piperidine rings is 1. The maximum atomic E-state index is 12.6. The molecule has 2 aliphatic heterocycles. The Kier molecular flexibility index (Phi) is 5.70. The van der Waals surface area contributed by atoms with Crippen LogP contribution in [0.2, 0.25) is 18.1 Å². The Morgan fingerprint density at radius 2 is 1.77 bits per heavy atom. The third-order valence-corrected chi connectivity index (χ3v) is 11.9. The molecule has 7 nitrogen and oxygen atoms in total. The summed E-state index contributed by atoms with van der Waals surface area (Å²) >= 11 is 0. The van der Waals surface area contributed by atoms with Crippen molar-refractivity contribution in [3.8, 4) is 0 Å². The molecule has 3 fully saturated rings. The van der Waals surface area contributed by atoms with Crippen LogP contribution in [0.15, 0.2) is 12.4 Å². The third kappa shape index (κ3) is 4.27. The summed E-state index contributed by atoms with van der Waals surface area (Å²) in [6.07, 6.45) is 6.75. The smallest absolute Gasteiger partial charge is 0.251 e. The molecule has 8 heteroatoms. The molecule has 1 N–H and O–H groups in total. The van der Waals surface area contributed by atoms with Crippen molar-refractivity contribution in [1.82, 2.24) is 14.9 Å². The van der Waals surface area contributed by atoms with E-state index >= 15 is 0 Å². The average Bonchev–Trinajstić information content (AvgIpc) is 3.48. The Bertz CT molecular complexity index is 776. The van der Waals surface area contributed by atoms with E-state index in [1.165, 1.54) is 18.4 Å². The molecular formula is C22H36N4O3Si. The topological polar surface area (TPSA) is 78.8 Å². The number of rotatable bonds is 5. The van der Waals surface area contributed by atoms with E-state index in [0.717, 1.165) is 18.9 Å². The normalized spacial score (nSPS) is 28.3. The monoisotopic (exact) mass is 432 g/mol. The molecule has 0 spiro atoms. The largest absolute Gasteiger partial charge is 0.410 e. The molecule has 166 valence electrons. The highest BCUT2D eigenvalue weighted by molar-refractivity contribution is 6.74. The van der Waals surface area contributed by atoms with Gasteiger partial charge in [-0.1, -0.05) is 20.8 Å². The standard InChI is InChI=1S/C22H36N4O3Si/c1-22(2,3)30(4,5)29-19-14-25(21-23-12-16(13-24-21)15-6-7-15)10-8-17(19)26-11-9-18(27)20(26)28/h12-13,15,17-19,27H,6-11,14H2,1-5H3. The fourth-order valence-electron chi connectivity index (χ4n) is 4.25. The zero-order valence-electron chi connectivity index (χ0n) is 19.0. The fourth-order valence-corrected chi connectivity index (χ4v) is 5.59. The molecule has 3 aliphatic rings. The molecule has 3 unspecified atom stereocenters. The zero-order valence-corrected chi connectivity index (χ0v) is 20.0. The summed E-state index contributed by atoms with van der Waals surface area (Å²) in [6.45, 7) is 13.3. The first-order valence-corrected chi connectivity index (χ1v) is 14.2. The minimum absolute atomic E-state index is 0.00855. The Balaban J connectivity index is 1.54. The second-order valence-electron chi connectivity index (χ2n) is 10.6. The molecule has 0 bridgehead atoms. The second kappa shape index (κ2) is 7.87. The predicted molar refractivity (Wildman–Crippen MR) is 119 cm³/mol. The third-order valence-electron chi connectivity index (χ3n) is 7.38. The van der Waals surface area contributed by atoms with E-state index in [4.69, 9.17) is 4.43 Å². The summed E-state index contributed by atoms with van der Waals surface area (Å²) in [5.74, 6) is 1.24. The van der Waals surface area contributed by atoms with Gasteiger partial charge >= 0.3 is 0 Å². The predicted octanol–water partition coefficient (Wildman–Crippen LogP) is 2.92. The van der Waals surface area contributed by atoms with Gasteiger partial charge in [-0.25, -0.2) is 9.97 Å². The van der Waals surface area contributed by atoms with E-state index in [1.54, 1.807) is 0 Å². The number of carbonyl (C=O) groups is 1. The van der Waals surface area contributed by atoms with Crippen molar-refractivity contribution < 1.29 is 14.3 Å². The van der Waals surface area contributed by atoms with Gasteiger partial charge < -0.3 is 19.3 Å². The number of aliphatic hydroxyl groups excluding tert-OH is 1. The maximum absolute atomic E-state index is 12.6. The molecule has 4 rings (SSSR count). The lowest BCUT2D eigenvalue weighted by Gasteiger charge is -2.47. The molecule has 30 heavy (non-hydrogen) atoms. The lowest BCUT2D eigenvalue weighted by molar-refractivity contribution is -0.138. The Labute approximate surface area is 181 Å². The average molecular weight is 433 g/mol. The number of aromatic nitrogens is 2. The fraction of sp³-hybridized carbons (Fsp3) is 0.773. The minimum Gasteiger partial charge on any atom is -0.410 e. The van der Waals surface area contributed by atoms with Gasteiger partial charge in [0, 0.05) is 32.0 Å². The van der Waals surface area contributed by atoms with Gasteiger partial charge in [0.1, 0.15) is 6.10 Å². The number of aliphatic hydroxyl groups is 1. The van der Waals surface area contributed by atoms with Crippen molar-refractivity contribution in [1.29, 1.82) is 0 Å². The molecule has 3 heterocycles. The number of anilines is 1. The second-order valence-corrected chi connectivity index (χ2v) is 15.4. The first-order chi connectivity index (χ1) is 14.1. The van der Waals surface area contributed by atoms with Crippen LogP contribution in [0.4, 0.5) is 5.95 Å². The van der Waals surface area contributed by atoms with Crippen molar-refractivity contribution in [2.45, 2.75) is 88.8 Å². The molecule has 1 aromatic rings. The van der Waals surface area contributed by atoms with Crippen LogP contribution in [0.5, 0.6) is 0 Å². The van der Waals surface area contributed by atoms with E-state index in [-0.39, 0.29) is 23.1 Å². The van der Waals surface area contributed by atoms with Crippen LogP contribution in [0.25, 0.3) is 0 Å². The van der Waals surface area contributed by atoms with Gasteiger partial charge in [0.25, 0.3) is 5.91 Å². The van der Waals surface area contributed by atoms with Crippen molar-refractivity contribution in [3.63, 3.8) is 0 Å². The van der Waals surface area contributed by atoms with Gasteiger partial charge in [-0.2, -0.15) is 0 Å². The first-order valence-electron chi connectivity index (χ1n) is 11.3. The van der Waals surface area contributed by atoms with Gasteiger partial charge in [-0.05, 0) is 55.3 Å². The summed E-state index contributed by atoms with van der Waals surface area (Å²) in [5, 5.41) is 10.1. The van der Waals surface area contributed by atoms with E-state index in [9.17, 15) is 9.90 Å². The quantitative estimate of drug-likeness (QED) is 0.721. The first kappa shape index (κ1) is 21.7. The van der Waals surface area contributed by atoms with Gasteiger partial charge in [-0.15, -0.1) is 0 Å². The highest BCUT2D eigenvalue weighted by Gasteiger charge is 2.46. The Morgan fingerprint density at radius 1 is 1.10 bits per heavy atom. The molecule has 1 aliphatic carbocycles. The van der Waals surface area contributed by atoms with Gasteiger partial charge in [-0.3, -0.25) is 4.79 Å². The van der Waals surface area contributed by atoms with E-state index < -0.39 is 14.4 Å². The minimum atomic E-state index is -2.04. The van der Waals surface area contributed by atoms with Crippen LogP contribution >= 0.6 is 0 Å². The highest BCUT2D eigenvalue weighted by atomic mass is 28.4. The zero-order chi connectivity index (χ0) is 21.7. The molecular weight excluding hydrogens is 396 g/mol. The van der Waals surface area contributed by atoms with Crippen LogP contribution in [0.1, 0.15) is 57.9 Å². The summed E-state index contributed by atoms with van der Waals surface area (Å²) in [7, 11) is -2.04. The van der Waals surface area contributed by atoms with Crippen LogP contribution in [-0.4, -0.2) is 72.1 Å². The molecule has 2 saturated heterocycles. The van der Waals surface area contributed by atoms with Gasteiger partial charge in [0.15, 0.2) is 8.32 Å². The summed E-state index contributed by atoms with van der Waals surface area (Å²) in [5.41, 5.74) is 1.24. The Hall–Kier alpha value is -1.51. The highest BCUT2D eigenvalue weighted by Crippen LogP contribution is 2.40. The summed E-state index contributed by atoms with van der Waals surface area (Å²) in [6, 6.07) is -0.00855. The van der Waals surface area contributed by atoms with E-state index in [1.807, 2.05) is 17.3 Å². The van der Waals surface area contributed by atoms with Crippen molar-refractivity contribution in [2.75, 3.05) is 24.5 Å². The summed E-state index contributed by atoms with van der Waals surface area (Å²) < 4.78 is 6.84. The molecule has 1 amide bonds. The van der Waals surface area contributed by atoms with Crippen LogP contribution in [-0.2, 0) is 9.22 Å². The Morgan fingerprint density at radius 3 is 2.30 bits per heavy atom. The van der Waals surface area contributed by atoms with Gasteiger partial charge in [0.2, 0.25) is 5.95 Å². The van der Waals surface area contributed by atoms with Gasteiger partial charge in [0.05, 0.1) is 12.1 Å². The van der Waals surface area contributed by atoms with Crippen LogP contribution < -0.4 is 4.90 Å². The maximum Gasteiger partial charge on any atom is 0.251 e. The van der Waals surface area contributed by atoms with Crippen molar-refractivity contribution >= 4 is 20.2 Å². The molecule has 3 atom stereocenters. The van der Waals surface area contributed by atoms with Crippen LogP contribution in [0, 0.1) is 0 Å². The lowest BCUT2D eigenvalue weighted by Crippen LogP contribution is -2.60. The number of amides is 1. The number of hydrogen-bond donors (Lipinski definition) is 1. The van der Waals surface area contributed by atoms with E-state index in [2.05, 4.69) is 48.7 Å². The molecule has 0 aromatic carbocycles. The summed E-state index contributed by atoms with van der Waals surface area (Å²) in [4.78, 5) is 25.9. The number of nitrogens with zero attached hydrogens (tertiary/aromatic N) is 4. The molecule has 0 radical (unpaired) electrons. The van der Waals surface area contributed by atoms with E-state index in [0.29, 0.717) is 25.4 Å². The number of likely N-dealkylation sites (tertiary alicyclic amines) is 1.